The van der Waals surface area contributed by atoms with E-state index in [0.29, 0.717) is 19.0 Å². The van der Waals surface area contributed by atoms with Crippen molar-refractivity contribution in [2.45, 2.75) is 39.5 Å². The van der Waals surface area contributed by atoms with Crippen LogP contribution in [0, 0.1) is 5.92 Å². The van der Waals surface area contributed by atoms with Gasteiger partial charge in [0.15, 0.2) is 5.82 Å². The highest BCUT2D eigenvalue weighted by atomic mass is 32.1. The van der Waals surface area contributed by atoms with Gasteiger partial charge in [0, 0.05) is 11.4 Å². The summed E-state index contributed by atoms with van der Waals surface area (Å²) in [6.45, 7) is 6.61. The average Bonchev–Trinajstić information content (AvgIpc) is 3.47. The van der Waals surface area contributed by atoms with Crippen LogP contribution in [0.4, 0.5) is 0 Å². The Bertz CT molecular complexity index is 943. The Balaban J connectivity index is 1.66. The van der Waals surface area contributed by atoms with E-state index in [1.807, 2.05) is 35.0 Å². The summed E-state index contributed by atoms with van der Waals surface area (Å²) in [7, 11) is 0. The molecular formula is C22H25N5OS. The van der Waals surface area contributed by atoms with Gasteiger partial charge in [-0.1, -0.05) is 50.2 Å². The summed E-state index contributed by atoms with van der Waals surface area (Å²) in [6, 6.07) is 18.6. The first-order valence-electron chi connectivity index (χ1n) is 9.79. The predicted octanol–water partition coefficient (Wildman–Crippen LogP) is 4.78. The first-order chi connectivity index (χ1) is 14.2. The van der Waals surface area contributed by atoms with Gasteiger partial charge < -0.3 is 4.42 Å². The van der Waals surface area contributed by atoms with E-state index in [1.54, 1.807) is 17.6 Å². The van der Waals surface area contributed by atoms with Crippen molar-refractivity contribution in [2.75, 3.05) is 0 Å². The summed E-state index contributed by atoms with van der Waals surface area (Å²) < 4.78 is 7.58. The minimum absolute atomic E-state index is 0.0564. The average molecular weight is 408 g/mol. The number of furan rings is 1. The minimum Gasteiger partial charge on any atom is -0.468 e. The van der Waals surface area contributed by atoms with Gasteiger partial charge in [-0.2, -0.15) is 0 Å². The molecule has 0 saturated heterocycles. The van der Waals surface area contributed by atoms with Gasteiger partial charge in [0.1, 0.15) is 5.76 Å². The van der Waals surface area contributed by atoms with E-state index in [2.05, 4.69) is 63.9 Å². The summed E-state index contributed by atoms with van der Waals surface area (Å²) in [5.41, 5.74) is 1.18. The van der Waals surface area contributed by atoms with Crippen molar-refractivity contribution in [1.29, 1.82) is 0 Å². The molecule has 4 rings (SSSR count). The zero-order valence-electron chi connectivity index (χ0n) is 16.7. The van der Waals surface area contributed by atoms with E-state index < -0.39 is 0 Å². The van der Waals surface area contributed by atoms with Gasteiger partial charge in [0.2, 0.25) is 0 Å². The Morgan fingerprint density at radius 3 is 2.59 bits per heavy atom. The van der Waals surface area contributed by atoms with Crippen LogP contribution < -0.4 is 0 Å². The largest absolute Gasteiger partial charge is 0.468 e. The Hall–Kier alpha value is -2.77. The van der Waals surface area contributed by atoms with Crippen molar-refractivity contribution in [3.8, 4) is 0 Å². The van der Waals surface area contributed by atoms with Crippen LogP contribution in [0.1, 0.15) is 41.9 Å². The van der Waals surface area contributed by atoms with Gasteiger partial charge in [-0.3, -0.25) is 4.90 Å². The third kappa shape index (κ3) is 4.81. The lowest BCUT2D eigenvalue weighted by molar-refractivity contribution is 0.118. The zero-order valence-corrected chi connectivity index (χ0v) is 17.5. The molecule has 0 fully saturated rings. The van der Waals surface area contributed by atoms with Crippen LogP contribution in [-0.2, 0) is 19.6 Å². The molecule has 1 atom stereocenters. The second-order valence-corrected chi connectivity index (χ2v) is 8.47. The molecule has 3 aromatic heterocycles. The number of tetrazole rings is 1. The monoisotopic (exact) mass is 407 g/mol. The molecule has 0 radical (unpaired) electrons. The number of benzene rings is 1. The molecule has 0 bridgehead atoms. The third-order valence-corrected chi connectivity index (χ3v) is 5.76. The molecule has 0 saturated carbocycles. The normalized spacial score (nSPS) is 12.7. The fraction of sp³-hybridized carbons (Fsp3) is 0.318. The highest BCUT2D eigenvalue weighted by Crippen LogP contribution is 2.31. The van der Waals surface area contributed by atoms with Gasteiger partial charge in [-0.25, -0.2) is 4.68 Å². The number of hydrogen-bond donors (Lipinski definition) is 0. The second kappa shape index (κ2) is 9.15. The fourth-order valence-electron chi connectivity index (χ4n) is 3.63. The van der Waals surface area contributed by atoms with Crippen LogP contribution in [0.5, 0.6) is 0 Å². The molecule has 1 aromatic carbocycles. The maximum atomic E-state index is 5.66. The van der Waals surface area contributed by atoms with Crippen molar-refractivity contribution < 1.29 is 4.42 Å². The molecule has 0 aliphatic rings. The topological polar surface area (TPSA) is 60.0 Å². The quantitative estimate of drug-likeness (QED) is 0.400. The fourth-order valence-corrected chi connectivity index (χ4v) is 4.36. The van der Waals surface area contributed by atoms with E-state index in [9.17, 15) is 0 Å². The van der Waals surface area contributed by atoms with Crippen LogP contribution >= 0.6 is 11.3 Å². The third-order valence-electron chi connectivity index (χ3n) is 4.90. The number of thiophene rings is 1. The highest BCUT2D eigenvalue weighted by Gasteiger charge is 2.30. The van der Waals surface area contributed by atoms with Gasteiger partial charge in [0.05, 0.1) is 25.4 Å². The van der Waals surface area contributed by atoms with Crippen molar-refractivity contribution >= 4 is 11.3 Å². The van der Waals surface area contributed by atoms with Gasteiger partial charge in [-0.15, -0.1) is 16.4 Å². The molecule has 7 heteroatoms. The summed E-state index contributed by atoms with van der Waals surface area (Å²) in [5.74, 6) is 2.15. The van der Waals surface area contributed by atoms with E-state index in [1.165, 1.54) is 10.4 Å². The van der Waals surface area contributed by atoms with Crippen molar-refractivity contribution in [1.82, 2.24) is 25.1 Å². The molecule has 0 amide bonds. The minimum atomic E-state index is 0.0564. The molecule has 0 N–H and O–H groups in total. The Kier molecular flexibility index (Phi) is 6.17. The van der Waals surface area contributed by atoms with Gasteiger partial charge >= 0.3 is 0 Å². The molecule has 150 valence electrons. The Morgan fingerprint density at radius 1 is 1.03 bits per heavy atom. The first-order valence-corrected chi connectivity index (χ1v) is 10.7. The van der Waals surface area contributed by atoms with E-state index in [-0.39, 0.29) is 6.04 Å². The van der Waals surface area contributed by atoms with Crippen molar-refractivity contribution in [3.05, 3.63) is 88.3 Å². The van der Waals surface area contributed by atoms with Crippen LogP contribution in [0.15, 0.2) is 70.7 Å². The van der Waals surface area contributed by atoms with Crippen LogP contribution in [0.25, 0.3) is 0 Å². The Labute approximate surface area is 174 Å². The van der Waals surface area contributed by atoms with Crippen LogP contribution in [0.2, 0.25) is 0 Å². The number of aromatic nitrogens is 4. The second-order valence-electron chi connectivity index (χ2n) is 7.43. The summed E-state index contributed by atoms with van der Waals surface area (Å²) in [4.78, 5) is 3.71. The summed E-state index contributed by atoms with van der Waals surface area (Å²) in [5, 5.41) is 14.9. The SMILES string of the molecule is CC(C)[C@H](c1nnnn1Cc1ccccc1)N(Cc1ccco1)Cc1cccs1. The highest BCUT2D eigenvalue weighted by molar-refractivity contribution is 7.09. The lowest BCUT2D eigenvalue weighted by Gasteiger charge is -2.32. The first kappa shape index (κ1) is 19.5. The molecule has 0 unspecified atom stereocenters. The lowest BCUT2D eigenvalue weighted by Crippen LogP contribution is -2.33. The van der Waals surface area contributed by atoms with E-state index in [4.69, 9.17) is 4.42 Å². The summed E-state index contributed by atoms with van der Waals surface area (Å²) in [6.07, 6.45) is 1.72. The van der Waals surface area contributed by atoms with Crippen molar-refractivity contribution in [2.24, 2.45) is 5.92 Å². The molecule has 4 aromatic rings. The predicted molar refractivity (Wildman–Crippen MR) is 113 cm³/mol. The smallest absolute Gasteiger partial charge is 0.169 e. The van der Waals surface area contributed by atoms with E-state index in [0.717, 1.165) is 18.1 Å². The summed E-state index contributed by atoms with van der Waals surface area (Å²) >= 11 is 1.77. The molecule has 29 heavy (non-hydrogen) atoms. The molecule has 0 aliphatic heterocycles. The zero-order chi connectivity index (χ0) is 20.1. The van der Waals surface area contributed by atoms with Gasteiger partial charge in [0.25, 0.3) is 0 Å². The standard InChI is InChI=1S/C22H25N5OS/c1-17(2)21(22-23-24-25-27(22)14-18-8-4-3-5-9-18)26(15-19-10-6-12-28-19)16-20-11-7-13-29-20/h3-13,17,21H,14-16H2,1-2H3/t21-/m1/s1. The Morgan fingerprint density at radius 2 is 1.90 bits per heavy atom. The van der Waals surface area contributed by atoms with E-state index >= 15 is 0 Å². The molecule has 3 heterocycles. The molecule has 6 nitrogen and oxygen atoms in total. The van der Waals surface area contributed by atoms with Crippen LogP contribution in [-0.4, -0.2) is 25.1 Å². The number of rotatable bonds is 9. The number of hydrogen-bond acceptors (Lipinski definition) is 6. The maximum Gasteiger partial charge on any atom is 0.169 e. The maximum absolute atomic E-state index is 5.66. The van der Waals surface area contributed by atoms with Gasteiger partial charge in [-0.05, 0) is 45.5 Å². The molecule has 0 aliphatic carbocycles. The molecule has 0 spiro atoms. The molecular weight excluding hydrogens is 382 g/mol. The number of nitrogens with zero attached hydrogens (tertiary/aromatic N) is 5. The lowest BCUT2D eigenvalue weighted by atomic mass is 10.0. The van der Waals surface area contributed by atoms with Crippen molar-refractivity contribution in [3.63, 3.8) is 0 Å². The van der Waals surface area contributed by atoms with Crippen LogP contribution in [0.3, 0.4) is 0 Å².